The highest BCUT2D eigenvalue weighted by molar-refractivity contribution is 7.92. The minimum Gasteiger partial charge on any atom is -0.439 e. The molecule has 0 aliphatic heterocycles. The maximum absolute atomic E-state index is 12.9. The molecule has 0 saturated heterocycles. The number of aryl methyl sites for hydroxylation is 2. The first kappa shape index (κ1) is 23.9. The summed E-state index contributed by atoms with van der Waals surface area (Å²) in [5, 5.41) is 2.64. The monoisotopic (exact) mass is 492 g/mol. The highest BCUT2D eigenvalue weighted by Gasteiger charge is 2.18. The Morgan fingerprint density at radius 1 is 0.943 bits per heavy atom. The number of hydrogen-bond donors (Lipinski definition) is 2. The van der Waals surface area contributed by atoms with Gasteiger partial charge in [-0.05, 0) is 68.8 Å². The number of hydrogen-bond acceptors (Lipinski definition) is 7. The van der Waals surface area contributed by atoms with E-state index in [4.69, 9.17) is 4.74 Å². The molecule has 0 aliphatic rings. The van der Waals surface area contributed by atoms with E-state index >= 15 is 0 Å². The zero-order valence-corrected chi connectivity index (χ0v) is 20.4. The third-order valence-electron chi connectivity index (χ3n) is 5.24. The lowest BCUT2D eigenvalue weighted by molar-refractivity contribution is -0.114. The van der Waals surface area contributed by atoms with Crippen molar-refractivity contribution in [1.29, 1.82) is 0 Å². The summed E-state index contributed by atoms with van der Waals surface area (Å²) in [7, 11) is -3.83. The summed E-state index contributed by atoms with van der Waals surface area (Å²) >= 11 is 0. The third kappa shape index (κ3) is 5.46. The predicted octanol–water partition coefficient (Wildman–Crippen LogP) is 4.14. The van der Waals surface area contributed by atoms with Gasteiger partial charge in [-0.3, -0.25) is 14.1 Å². The Labute approximate surface area is 203 Å². The van der Waals surface area contributed by atoms with Crippen molar-refractivity contribution in [2.24, 2.45) is 0 Å². The van der Waals surface area contributed by atoms with Crippen molar-refractivity contribution >= 4 is 27.3 Å². The van der Waals surface area contributed by atoms with Crippen molar-refractivity contribution in [3.05, 3.63) is 78.1 Å². The molecule has 0 unspecified atom stereocenters. The molecule has 4 aromatic rings. The number of imidazole rings is 1. The standard InChI is InChI=1S/C24H24N6O4S/c1-15-11-20(28-18(4)31)7-10-22(15)35(32,33)29-19-5-8-21(9-6-19)34-24-12-23(25-13-26-24)30-14-27-16(2)17(30)3/h5-14,29H,1-4H3,(H,28,31). The van der Waals surface area contributed by atoms with Crippen molar-refractivity contribution < 1.29 is 17.9 Å². The summed E-state index contributed by atoms with van der Waals surface area (Å²) < 4.78 is 36.0. The minimum absolute atomic E-state index is 0.116. The number of sulfonamides is 1. The molecule has 2 aromatic carbocycles. The largest absolute Gasteiger partial charge is 0.439 e. The minimum atomic E-state index is -3.83. The van der Waals surface area contributed by atoms with E-state index in [0.717, 1.165) is 11.4 Å². The number of nitrogens with zero attached hydrogens (tertiary/aromatic N) is 4. The topological polar surface area (TPSA) is 128 Å². The average molecular weight is 493 g/mol. The molecular formula is C24H24N6O4S. The molecule has 0 bridgehead atoms. The lowest BCUT2D eigenvalue weighted by atomic mass is 10.2. The SMILES string of the molecule is CC(=O)Nc1ccc(S(=O)(=O)Nc2ccc(Oc3cc(-n4cnc(C)c4C)ncn3)cc2)c(C)c1. The van der Waals surface area contributed by atoms with Gasteiger partial charge in [-0.15, -0.1) is 0 Å². The Bertz CT molecular complexity index is 1500. The third-order valence-corrected chi connectivity index (χ3v) is 6.78. The molecule has 2 heterocycles. The molecule has 11 heteroatoms. The van der Waals surface area contributed by atoms with Crippen LogP contribution < -0.4 is 14.8 Å². The van der Waals surface area contributed by atoms with Crippen LogP contribution in [0, 0.1) is 20.8 Å². The van der Waals surface area contributed by atoms with Crippen LogP contribution in [-0.4, -0.2) is 33.8 Å². The van der Waals surface area contributed by atoms with Crippen LogP contribution >= 0.6 is 0 Å². The summed E-state index contributed by atoms with van der Waals surface area (Å²) in [5.41, 5.74) is 3.28. The molecule has 0 atom stereocenters. The van der Waals surface area contributed by atoms with E-state index in [1.165, 1.54) is 19.3 Å². The second-order valence-electron chi connectivity index (χ2n) is 7.89. The number of aromatic nitrogens is 4. The van der Waals surface area contributed by atoms with Gasteiger partial charge in [0.2, 0.25) is 11.8 Å². The molecule has 35 heavy (non-hydrogen) atoms. The van der Waals surface area contributed by atoms with Crippen LogP contribution in [0.4, 0.5) is 11.4 Å². The van der Waals surface area contributed by atoms with Crippen molar-refractivity contribution in [2.45, 2.75) is 32.6 Å². The average Bonchev–Trinajstić information content (AvgIpc) is 3.13. The maximum atomic E-state index is 12.9. The molecule has 1 amide bonds. The second-order valence-corrected chi connectivity index (χ2v) is 9.54. The van der Waals surface area contributed by atoms with Crippen LogP contribution in [0.1, 0.15) is 23.9 Å². The Kier molecular flexibility index (Phi) is 6.52. The number of ether oxygens (including phenoxy) is 1. The quantitative estimate of drug-likeness (QED) is 0.397. The number of benzene rings is 2. The lowest BCUT2D eigenvalue weighted by Crippen LogP contribution is -2.14. The zero-order chi connectivity index (χ0) is 25.2. The first-order valence-corrected chi connectivity index (χ1v) is 12.1. The van der Waals surface area contributed by atoms with Gasteiger partial charge in [0, 0.05) is 30.1 Å². The fourth-order valence-corrected chi connectivity index (χ4v) is 4.69. The highest BCUT2D eigenvalue weighted by atomic mass is 32.2. The van der Waals surface area contributed by atoms with E-state index in [-0.39, 0.29) is 10.8 Å². The van der Waals surface area contributed by atoms with Crippen LogP contribution in [0.3, 0.4) is 0 Å². The van der Waals surface area contributed by atoms with Gasteiger partial charge in [0.25, 0.3) is 10.0 Å². The van der Waals surface area contributed by atoms with Crippen molar-refractivity contribution in [3.8, 4) is 17.4 Å². The van der Waals surface area contributed by atoms with Crippen molar-refractivity contribution in [1.82, 2.24) is 19.5 Å². The Morgan fingerprint density at radius 3 is 2.29 bits per heavy atom. The van der Waals surface area contributed by atoms with Crippen molar-refractivity contribution in [2.75, 3.05) is 10.0 Å². The molecule has 2 aromatic heterocycles. The number of carbonyl (C=O) groups excluding carboxylic acids is 1. The Balaban J connectivity index is 1.47. The first-order chi connectivity index (χ1) is 16.6. The second kappa shape index (κ2) is 9.55. The molecule has 2 N–H and O–H groups in total. The fraction of sp³-hybridized carbons (Fsp3) is 0.167. The van der Waals surface area contributed by atoms with E-state index in [1.54, 1.807) is 55.7 Å². The van der Waals surface area contributed by atoms with Crippen LogP contribution in [0.5, 0.6) is 11.6 Å². The number of rotatable bonds is 7. The van der Waals surface area contributed by atoms with Gasteiger partial charge < -0.3 is 10.1 Å². The van der Waals surface area contributed by atoms with Gasteiger partial charge in [0.15, 0.2) is 0 Å². The van der Waals surface area contributed by atoms with Gasteiger partial charge in [-0.2, -0.15) is 0 Å². The molecular weight excluding hydrogens is 468 g/mol. The van der Waals surface area contributed by atoms with E-state index in [0.29, 0.717) is 34.4 Å². The van der Waals surface area contributed by atoms with E-state index in [1.807, 2.05) is 18.4 Å². The molecule has 10 nitrogen and oxygen atoms in total. The Hall–Kier alpha value is -4.25. The summed E-state index contributed by atoms with van der Waals surface area (Å²) in [6.07, 6.45) is 3.09. The van der Waals surface area contributed by atoms with Crippen LogP contribution in [-0.2, 0) is 14.8 Å². The number of carbonyl (C=O) groups is 1. The van der Waals surface area contributed by atoms with Gasteiger partial charge in [-0.25, -0.2) is 23.4 Å². The highest BCUT2D eigenvalue weighted by Crippen LogP contribution is 2.26. The number of nitrogens with one attached hydrogen (secondary N) is 2. The van der Waals surface area contributed by atoms with Gasteiger partial charge in [-0.1, -0.05) is 0 Å². The molecule has 0 fully saturated rings. The lowest BCUT2D eigenvalue weighted by Gasteiger charge is -2.12. The van der Waals surface area contributed by atoms with Gasteiger partial charge in [0.05, 0.1) is 10.6 Å². The number of anilines is 2. The van der Waals surface area contributed by atoms with Crippen molar-refractivity contribution in [3.63, 3.8) is 0 Å². The van der Waals surface area contributed by atoms with E-state index in [2.05, 4.69) is 25.0 Å². The summed E-state index contributed by atoms with van der Waals surface area (Å²) in [5.74, 6) is 1.21. The summed E-state index contributed by atoms with van der Waals surface area (Å²) in [4.78, 5) is 24.0. The maximum Gasteiger partial charge on any atom is 0.262 e. The molecule has 0 radical (unpaired) electrons. The zero-order valence-electron chi connectivity index (χ0n) is 19.6. The molecule has 180 valence electrons. The van der Waals surface area contributed by atoms with Crippen LogP contribution in [0.25, 0.3) is 5.82 Å². The smallest absolute Gasteiger partial charge is 0.262 e. The molecule has 0 saturated carbocycles. The summed E-state index contributed by atoms with van der Waals surface area (Å²) in [6.45, 7) is 6.92. The molecule has 0 spiro atoms. The summed E-state index contributed by atoms with van der Waals surface area (Å²) in [6, 6.07) is 12.8. The number of amides is 1. The van der Waals surface area contributed by atoms with E-state index in [9.17, 15) is 13.2 Å². The molecule has 4 rings (SSSR count). The van der Waals surface area contributed by atoms with Gasteiger partial charge in [0.1, 0.15) is 24.2 Å². The van der Waals surface area contributed by atoms with Crippen LogP contribution in [0.15, 0.2) is 66.1 Å². The van der Waals surface area contributed by atoms with Gasteiger partial charge >= 0.3 is 0 Å². The normalized spacial score (nSPS) is 11.2. The fourth-order valence-electron chi connectivity index (χ4n) is 3.40. The first-order valence-electron chi connectivity index (χ1n) is 10.6. The van der Waals surface area contributed by atoms with E-state index < -0.39 is 10.0 Å². The molecule has 0 aliphatic carbocycles. The predicted molar refractivity (Wildman–Crippen MR) is 131 cm³/mol. The Morgan fingerprint density at radius 2 is 1.66 bits per heavy atom. The van der Waals surface area contributed by atoms with Crippen LogP contribution in [0.2, 0.25) is 0 Å².